The van der Waals surface area contributed by atoms with Gasteiger partial charge in [-0.3, -0.25) is 4.98 Å². The molecular formula is C12H12N2O2. The fourth-order valence-electron chi connectivity index (χ4n) is 1.25. The number of aliphatic hydroxyl groups excluding tert-OH is 1. The smallest absolute Gasteiger partial charge is 0.222 e. The molecule has 0 unspecified atom stereocenters. The number of aliphatic hydroxyl groups is 1. The Balaban J connectivity index is 2.18. The Bertz CT molecular complexity index is 469. The van der Waals surface area contributed by atoms with Crippen LogP contribution in [-0.4, -0.2) is 15.1 Å². The average molecular weight is 216 g/mol. The minimum atomic E-state index is -0.0666. The minimum absolute atomic E-state index is 0.0666. The summed E-state index contributed by atoms with van der Waals surface area (Å²) >= 11 is 0. The van der Waals surface area contributed by atoms with E-state index in [2.05, 4.69) is 9.97 Å². The Morgan fingerprint density at radius 2 is 2.12 bits per heavy atom. The van der Waals surface area contributed by atoms with E-state index in [1.165, 1.54) is 0 Å². The molecule has 0 aromatic carbocycles. The second-order valence-electron chi connectivity index (χ2n) is 3.37. The summed E-state index contributed by atoms with van der Waals surface area (Å²) in [6.45, 7) is 1.86. The number of nitrogens with zero attached hydrogens (tertiary/aromatic N) is 2. The number of rotatable bonds is 3. The predicted molar refractivity (Wildman–Crippen MR) is 59.2 cm³/mol. The van der Waals surface area contributed by atoms with Gasteiger partial charge in [-0.25, -0.2) is 4.98 Å². The van der Waals surface area contributed by atoms with Crippen LogP contribution in [0.1, 0.15) is 11.3 Å². The first kappa shape index (κ1) is 10.6. The number of hydrogen-bond donors (Lipinski definition) is 1. The molecule has 0 amide bonds. The summed E-state index contributed by atoms with van der Waals surface area (Å²) in [4.78, 5) is 8.14. The van der Waals surface area contributed by atoms with Gasteiger partial charge in [0.15, 0.2) is 0 Å². The van der Waals surface area contributed by atoms with Crippen molar-refractivity contribution in [3.05, 3.63) is 47.9 Å². The quantitative estimate of drug-likeness (QED) is 0.853. The molecule has 0 radical (unpaired) electrons. The molecule has 0 bridgehead atoms. The third kappa shape index (κ3) is 2.35. The van der Waals surface area contributed by atoms with E-state index in [0.717, 1.165) is 5.56 Å². The lowest BCUT2D eigenvalue weighted by Gasteiger charge is -2.06. The van der Waals surface area contributed by atoms with Gasteiger partial charge in [-0.15, -0.1) is 0 Å². The number of aryl methyl sites for hydroxylation is 1. The Kier molecular flexibility index (Phi) is 3.12. The largest absolute Gasteiger partial charge is 0.437 e. The molecule has 0 aliphatic rings. The van der Waals surface area contributed by atoms with E-state index >= 15 is 0 Å². The van der Waals surface area contributed by atoms with Gasteiger partial charge < -0.3 is 9.84 Å². The summed E-state index contributed by atoms with van der Waals surface area (Å²) in [6.07, 6.45) is 3.25. The van der Waals surface area contributed by atoms with Gasteiger partial charge in [-0.05, 0) is 25.1 Å². The van der Waals surface area contributed by atoms with E-state index in [1.54, 1.807) is 24.5 Å². The van der Waals surface area contributed by atoms with Crippen molar-refractivity contribution in [2.75, 3.05) is 0 Å². The maximum Gasteiger partial charge on any atom is 0.222 e. The van der Waals surface area contributed by atoms with Crippen LogP contribution in [0.25, 0.3) is 0 Å². The lowest BCUT2D eigenvalue weighted by atomic mass is 10.3. The summed E-state index contributed by atoms with van der Waals surface area (Å²) < 4.78 is 5.55. The van der Waals surface area contributed by atoms with Crippen LogP contribution >= 0.6 is 0 Å². The molecule has 0 fully saturated rings. The van der Waals surface area contributed by atoms with Gasteiger partial charge in [0.1, 0.15) is 5.75 Å². The van der Waals surface area contributed by atoms with Crippen molar-refractivity contribution in [1.29, 1.82) is 0 Å². The molecule has 0 saturated heterocycles. The first-order valence-electron chi connectivity index (χ1n) is 4.95. The highest BCUT2D eigenvalue weighted by molar-refractivity contribution is 5.30. The number of aromatic nitrogens is 2. The van der Waals surface area contributed by atoms with Crippen LogP contribution in [0, 0.1) is 6.92 Å². The third-order valence-corrected chi connectivity index (χ3v) is 2.14. The molecule has 2 rings (SSSR count). The van der Waals surface area contributed by atoms with E-state index in [0.29, 0.717) is 17.3 Å². The zero-order valence-electron chi connectivity index (χ0n) is 8.92. The number of ether oxygens (including phenoxy) is 1. The van der Waals surface area contributed by atoms with Gasteiger partial charge in [0.25, 0.3) is 0 Å². The van der Waals surface area contributed by atoms with Crippen LogP contribution in [0.2, 0.25) is 0 Å². The molecule has 4 nitrogen and oxygen atoms in total. The topological polar surface area (TPSA) is 55.2 Å². The van der Waals surface area contributed by atoms with E-state index in [-0.39, 0.29) is 6.61 Å². The molecular weight excluding hydrogens is 204 g/mol. The molecule has 2 aromatic heterocycles. The molecule has 1 N–H and O–H groups in total. The minimum Gasteiger partial charge on any atom is -0.437 e. The fraction of sp³-hybridized carbons (Fsp3) is 0.167. The van der Waals surface area contributed by atoms with E-state index in [9.17, 15) is 0 Å². The molecule has 2 heterocycles. The monoisotopic (exact) mass is 216 g/mol. The van der Waals surface area contributed by atoms with E-state index in [1.807, 2.05) is 19.1 Å². The lowest BCUT2D eigenvalue weighted by Crippen LogP contribution is -1.93. The standard InChI is InChI=1S/C12H12N2O2/c1-9-3-2-6-13-12(9)16-11-5-4-10(8-15)14-7-11/h2-7,15H,8H2,1H3. The van der Waals surface area contributed by atoms with Crippen LogP contribution < -0.4 is 4.74 Å². The van der Waals surface area contributed by atoms with Crippen LogP contribution in [0.15, 0.2) is 36.7 Å². The summed E-state index contributed by atoms with van der Waals surface area (Å²) in [7, 11) is 0. The van der Waals surface area contributed by atoms with Crippen molar-refractivity contribution in [2.24, 2.45) is 0 Å². The number of hydrogen-bond acceptors (Lipinski definition) is 4. The maximum atomic E-state index is 8.85. The Morgan fingerprint density at radius 3 is 2.75 bits per heavy atom. The fourth-order valence-corrected chi connectivity index (χ4v) is 1.25. The van der Waals surface area contributed by atoms with Gasteiger partial charge in [-0.2, -0.15) is 0 Å². The van der Waals surface area contributed by atoms with Gasteiger partial charge >= 0.3 is 0 Å². The molecule has 2 aromatic rings. The van der Waals surface area contributed by atoms with E-state index in [4.69, 9.17) is 9.84 Å². The zero-order valence-corrected chi connectivity index (χ0v) is 8.92. The van der Waals surface area contributed by atoms with Crippen LogP contribution in [-0.2, 0) is 6.61 Å². The van der Waals surface area contributed by atoms with E-state index < -0.39 is 0 Å². The summed E-state index contributed by atoms with van der Waals surface area (Å²) in [6, 6.07) is 7.26. The summed E-state index contributed by atoms with van der Waals surface area (Å²) in [5.74, 6) is 1.18. The molecule has 82 valence electrons. The van der Waals surface area contributed by atoms with Crippen LogP contribution in [0.5, 0.6) is 11.6 Å². The Morgan fingerprint density at radius 1 is 1.25 bits per heavy atom. The first-order valence-corrected chi connectivity index (χ1v) is 4.95. The zero-order chi connectivity index (χ0) is 11.4. The molecule has 16 heavy (non-hydrogen) atoms. The van der Waals surface area contributed by atoms with Crippen LogP contribution in [0.4, 0.5) is 0 Å². The van der Waals surface area contributed by atoms with Crippen molar-refractivity contribution < 1.29 is 9.84 Å². The highest BCUT2D eigenvalue weighted by atomic mass is 16.5. The van der Waals surface area contributed by atoms with Crippen molar-refractivity contribution in [2.45, 2.75) is 13.5 Å². The van der Waals surface area contributed by atoms with Gasteiger partial charge in [-0.1, -0.05) is 6.07 Å². The third-order valence-electron chi connectivity index (χ3n) is 2.14. The number of pyridine rings is 2. The van der Waals surface area contributed by atoms with Gasteiger partial charge in [0.05, 0.1) is 18.5 Å². The summed E-state index contributed by atoms with van der Waals surface area (Å²) in [5.41, 5.74) is 1.58. The highest BCUT2D eigenvalue weighted by Crippen LogP contribution is 2.21. The van der Waals surface area contributed by atoms with Gasteiger partial charge in [0.2, 0.25) is 5.88 Å². The van der Waals surface area contributed by atoms with Crippen molar-refractivity contribution in [1.82, 2.24) is 9.97 Å². The van der Waals surface area contributed by atoms with Crippen LogP contribution in [0.3, 0.4) is 0 Å². The second-order valence-corrected chi connectivity index (χ2v) is 3.37. The first-order chi connectivity index (χ1) is 7.79. The normalized spacial score (nSPS) is 10.1. The lowest BCUT2D eigenvalue weighted by molar-refractivity contribution is 0.276. The SMILES string of the molecule is Cc1cccnc1Oc1ccc(CO)nc1. The highest BCUT2D eigenvalue weighted by Gasteiger charge is 2.02. The molecule has 0 aliphatic carbocycles. The molecule has 0 aliphatic heterocycles. The van der Waals surface area contributed by atoms with Crippen molar-refractivity contribution in [3.63, 3.8) is 0 Å². The molecule has 0 saturated carbocycles. The molecule has 0 spiro atoms. The predicted octanol–water partition coefficient (Wildman–Crippen LogP) is 2.07. The van der Waals surface area contributed by atoms with Crippen molar-refractivity contribution >= 4 is 0 Å². The average Bonchev–Trinajstić information content (AvgIpc) is 2.33. The van der Waals surface area contributed by atoms with Gasteiger partial charge in [0, 0.05) is 11.8 Å². The van der Waals surface area contributed by atoms with Crippen molar-refractivity contribution in [3.8, 4) is 11.6 Å². The molecule has 4 heteroatoms. The molecule has 0 atom stereocenters. The second kappa shape index (κ2) is 4.72. The Labute approximate surface area is 93.6 Å². The summed E-state index contributed by atoms with van der Waals surface area (Å²) in [5, 5.41) is 8.85. The maximum absolute atomic E-state index is 8.85. The Hall–Kier alpha value is -1.94.